The minimum Gasteiger partial charge on any atom is -0.507 e. The van der Waals surface area contributed by atoms with Crippen LogP contribution in [0.25, 0.3) is 22.4 Å². The van der Waals surface area contributed by atoms with Crippen molar-refractivity contribution in [3.63, 3.8) is 0 Å². The van der Waals surface area contributed by atoms with Crippen molar-refractivity contribution in [2.75, 3.05) is 0 Å². The molecular weight excluding hydrogens is 370 g/mol. The zero-order valence-electron chi connectivity index (χ0n) is 10.8. The Morgan fingerprint density at radius 1 is 1.25 bits per heavy atom. The standard InChI is InChI=1S/C15H12FIN2O/c1-2-19-13-6-4-10(16)8-12(13)18-15(19)9-3-5-11(17)14(20)7-9/h3-8,20H,2H2,1H3. The molecular formula is C15H12FIN2O. The molecule has 0 fully saturated rings. The zero-order chi connectivity index (χ0) is 14.3. The highest BCUT2D eigenvalue weighted by atomic mass is 127. The third-order valence-corrected chi connectivity index (χ3v) is 4.14. The smallest absolute Gasteiger partial charge is 0.141 e. The van der Waals surface area contributed by atoms with Gasteiger partial charge in [0.25, 0.3) is 0 Å². The van der Waals surface area contributed by atoms with Gasteiger partial charge in [0.15, 0.2) is 0 Å². The van der Waals surface area contributed by atoms with Gasteiger partial charge in [-0.2, -0.15) is 0 Å². The van der Waals surface area contributed by atoms with Gasteiger partial charge in [0.1, 0.15) is 17.4 Å². The quantitative estimate of drug-likeness (QED) is 0.676. The molecule has 0 unspecified atom stereocenters. The van der Waals surface area contributed by atoms with Crippen molar-refractivity contribution in [1.29, 1.82) is 0 Å². The summed E-state index contributed by atoms with van der Waals surface area (Å²) >= 11 is 2.07. The summed E-state index contributed by atoms with van der Waals surface area (Å²) in [6.07, 6.45) is 0. The maximum atomic E-state index is 13.3. The molecule has 0 aliphatic heterocycles. The van der Waals surface area contributed by atoms with Gasteiger partial charge in [-0.1, -0.05) is 0 Å². The van der Waals surface area contributed by atoms with Crippen LogP contribution in [0, 0.1) is 9.39 Å². The summed E-state index contributed by atoms with van der Waals surface area (Å²) in [5.74, 6) is 0.666. The Morgan fingerprint density at radius 2 is 2.05 bits per heavy atom. The Bertz CT molecular complexity index is 798. The molecule has 5 heteroatoms. The van der Waals surface area contributed by atoms with Gasteiger partial charge in [-0.25, -0.2) is 9.37 Å². The lowest BCUT2D eigenvalue weighted by Gasteiger charge is -2.07. The molecule has 1 aromatic heterocycles. The number of nitrogens with zero attached hydrogens (tertiary/aromatic N) is 2. The average Bonchev–Trinajstić information content (AvgIpc) is 2.79. The maximum Gasteiger partial charge on any atom is 0.141 e. The molecule has 0 aliphatic carbocycles. The van der Waals surface area contributed by atoms with Crippen molar-refractivity contribution >= 4 is 33.6 Å². The maximum absolute atomic E-state index is 13.3. The molecule has 3 nitrogen and oxygen atoms in total. The number of aromatic nitrogens is 2. The lowest BCUT2D eigenvalue weighted by molar-refractivity contribution is 0.471. The van der Waals surface area contributed by atoms with E-state index < -0.39 is 0 Å². The molecule has 3 rings (SSSR count). The molecule has 1 heterocycles. The van der Waals surface area contributed by atoms with Crippen LogP contribution >= 0.6 is 22.6 Å². The molecule has 20 heavy (non-hydrogen) atoms. The Labute approximate surface area is 129 Å². The molecule has 0 radical (unpaired) electrons. The van der Waals surface area contributed by atoms with Gasteiger partial charge in [-0.05, 0) is 59.8 Å². The van der Waals surface area contributed by atoms with E-state index in [0.29, 0.717) is 5.52 Å². The molecule has 2 aromatic carbocycles. The first kappa shape index (κ1) is 13.4. The van der Waals surface area contributed by atoms with Crippen molar-refractivity contribution in [2.45, 2.75) is 13.5 Å². The number of hydrogen-bond donors (Lipinski definition) is 1. The topological polar surface area (TPSA) is 38.0 Å². The predicted octanol–water partition coefficient (Wildman–Crippen LogP) is 4.17. The fraction of sp³-hybridized carbons (Fsp3) is 0.133. The fourth-order valence-corrected chi connectivity index (χ4v) is 2.63. The van der Waals surface area contributed by atoms with Crippen LogP contribution in [0.1, 0.15) is 6.92 Å². The Hall–Kier alpha value is -1.63. The molecule has 102 valence electrons. The molecule has 0 atom stereocenters. The largest absolute Gasteiger partial charge is 0.507 e. The molecule has 0 saturated carbocycles. The summed E-state index contributed by atoms with van der Waals surface area (Å²) in [6.45, 7) is 2.74. The lowest BCUT2D eigenvalue weighted by atomic mass is 10.2. The number of hydrogen-bond acceptors (Lipinski definition) is 2. The number of fused-ring (bicyclic) bond motifs is 1. The van der Waals surface area contributed by atoms with Crippen LogP contribution in [0.15, 0.2) is 36.4 Å². The van der Waals surface area contributed by atoms with Gasteiger partial charge in [0.05, 0.1) is 14.6 Å². The zero-order valence-corrected chi connectivity index (χ0v) is 12.9. The third-order valence-electron chi connectivity index (χ3n) is 3.23. The van der Waals surface area contributed by atoms with Gasteiger partial charge in [-0.15, -0.1) is 0 Å². The summed E-state index contributed by atoms with van der Waals surface area (Å²) in [5, 5.41) is 9.84. The second-order valence-electron chi connectivity index (χ2n) is 4.48. The highest BCUT2D eigenvalue weighted by Gasteiger charge is 2.13. The van der Waals surface area contributed by atoms with Crippen molar-refractivity contribution in [3.8, 4) is 17.1 Å². The van der Waals surface area contributed by atoms with Crippen molar-refractivity contribution in [2.24, 2.45) is 0 Å². The second kappa shape index (κ2) is 5.05. The van der Waals surface area contributed by atoms with Crippen molar-refractivity contribution in [3.05, 3.63) is 45.8 Å². The number of rotatable bonds is 2. The minimum atomic E-state index is -0.296. The third kappa shape index (κ3) is 2.15. The van der Waals surface area contributed by atoms with Gasteiger partial charge in [0.2, 0.25) is 0 Å². The molecule has 0 amide bonds. The fourth-order valence-electron chi connectivity index (χ4n) is 2.30. The molecule has 0 spiro atoms. The SMILES string of the molecule is CCn1c(-c2ccc(I)c(O)c2)nc2cc(F)ccc21. The Morgan fingerprint density at radius 3 is 2.75 bits per heavy atom. The van der Waals surface area contributed by atoms with Crippen molar-refractivity contribution < 1.29 is 9.50 Å². The predicted molar refractivity (Wildman–Crippen MR) is 85.2 cm³/mol. The van der Waals surface area contributed by atoms with E-state index in [1.165, 1.54) is 12.1 Å². The van der Waals surface area contributed by atoms with Crippen LogP contribution in [0.4, 0.5) is 4.39 Å². The first-order valence-corrected chi connectivity index (χ1v) is 7.32. The first-order chi connectivity index (χ1) is 9.60. The highest BCUT2D eigenvalue weighted by Crippen LogP contribution is 2.29. The molecule has 0 aliphatic rings. The van der Waals surface area contributed by atoms with E-state index in [4.69, 9.17) is 0 Å². The number of phenolic OH excluding ortho intramolecular Hbond substituents is 1. The van der Waals surface area contributed by atoms with E-state index in [1.807, 2.05) is 23.6 Å². The van der Waals surface area contributed by atoms with Crippen LogP contribution in [0.5, 0.6) is 5.75 Å². The van der Waals surface area contributed by atoms with Crippen LogP contribution in [0.3, 0.4) is 0 Å². The van der Waals surface area contributed by atoms with E-state index in [-0.39, 0.29) is 11.6 Å². The molecule has 3 aromatic rings. The molecule has 0 bridgehead atoms. The highest BCUT2D eigenvalue weighted by molar-refractivity contribution is 14.1. The normalized spacial score (nSPS) is 11.2. The summed E-state index contributed by atoms with van der Waals surface area (Å²) in [6, 6.07) is 10.0. The van der Waals surface area contributed by atoms with E-state index in [1.54, 1.807) is 12.1 Å². The summed E-state index contributed by atoms with van der Waals surface area (Å²) < 4.78 is 16.1. The summed E-state index contributed by atoms with van der Waals surface area (Å²) in [4.78, 5) is 4.49. The van der Waals surface area contributed by atoms with Gasteiger partial charge >= 0.3 is 0 Å². The van der Waals surface area contributed by atoms with E-state index in [2.05, 4.69) is 27.6 Å². The van der Waals surface area contributed by atoms with Crippen LogP contribution in [-0.4, -0.2) is 14.7 Å². The summed E-state index contributed by atoms with van der Waals surface area (Å²) in [5.41, 5.74) is 2.34. The average molecular weight is 382 g/mol. The molecule has 1 N–H and O–H groups in total. The number of aromatic hydroxyl groups is 1. The number of imidazole rings is 1. The number of halogens is 2. The Kier molecular flexibility index (Phi) is 3.37. The second-order valence-corrected chi connectivity index (χ2v) is 5.64. The monoisotopic (exact) mass is 382 g/mol. The number of benzene rings is 2. The minimum absolute atomic E-state index is 0.226. The van der Waals surface area contributed by atoms with Crippen molar-refractivity contribution in [1.82, 2.24) is 9.55 Å². The van der Waals surface area contributed by atoms with Gasteiger partial charge in [-0.3, -0.25) is 0 Å². The van der Waals surface area contributed by atoms with Gasteiger partial charge < -0.3 is 9.67 Å². The van der Waals surface area contributed by atoms with Crippen LogP contribution < -0.4 is 0 Å². The Balaban J connectivity index is 2.26. The lowest BCUT2D eigenvalue weighted by Crippen LogP contribution is -1.97. The molecule has 0 saturated heterocycles. The number of aryl methyl sites for hydroxylation is 1. The number of phenols is 1. The van der Waals surface area contributed by atoms with Crippen LogP contribution in [-0.2, 0) is 6.54 Å². The van der Waals surface area contributed by atoms with E-state index in [9.17, 15) is 9.50 Å². The van der Waals surface area contributed by atoms with E-state index in [0.717, 1.165) is 27.0 Å². The van der Waals surface area contributed by atoms with Crippen LogP contribution in [0.2, 0.25) is 0 Å². The van der Waals surface area contributed by atoms with E-state index >= 15 is 0 Å². The summed E-state index contributed by atoms with van der Waals surface area (Å²) in [7, 11) is 0. The first-order valence-electron chi connectivity index (χ1n) is 6.25. The van der Waals surface area contributed by atoms with Gasteiger partial charge in [0, 0.05) is 18.2 Å².